The van der Waals surface area contributed by atoms with Gasteiger partial charge in [-0.15, -0.1) is 0 Å². The minimum Gasteiger partial charge on any atom is -0.452 e. The first kappa shape index (κ1) is 22.5. The first-order valence-electron chi connectivity index (χ1n) is 11.1. The second-order valence-electron chi connectivity index (χ2n) is 9.64. The largest absolute Gasteiger partial charge is 0.452 e. The Balaban J connectivity index is 1.49. The zero-order chi connectivity index (χ0) is 23.8. The molecule has 3 aromatic rings. The maximum absolute atomic E-state index is 12.7. The number of fused-ring (bicyclic) bond motifs is 1. The summed E-state index contributed by atoms with van der Waals surface area (Å²) in [6, 6.07) is 20.3. The average molecular weight is 441 g/mol. The van der Waals surface area contributed by atoms with Gasteiger partial charge in [-0.2, -0.15) is 0 Å². The van der Waals surface area contributed by atoms with Crippen molar-refractivity contribution >= 4 is 17.8 Å². The van der Waals surface area contributed by atoms with Crippen molar-refractivity contribution in [3.63, 3.8) is 0 Å². The van der Waals surface area contributed by atoms with Gasteiger partial charge in [-0.1, -0.05) is 71.0 Å². The van der Waals surface area contributed by atoms with Gasteiger partial charge in [0.25, 0.3) is 0 Å². The van der Waals surface area contributed by atoms with Crippen LogP contribution in [0, 0.1) is 0 Å². The number of rotatable bonds is 4. The van der Waals surface area contributed by atoms with Gasteiger partial charge in [-0.05, 0) is 58.4 Å². The summed E-state index contributed by atoms with van der Waals surface area (Å²) in [4.78, 5) is 25.3. The normalized spacial score (nSPS) is 14.4. The highest BCUT2D eigenvalue weighted by Gasteiger charge is 2.28. The van der Waals surface area contributed by atoms with Crippen LogP contribution < -0.4 is 9.47 Å². The van der Waals surface area contributed by atoms with Crippen molar-refractivity contribution in [2.75, 3.05) is 0 Å². The summed E-state index contributed by atoms with van der Waals surface area (Å²) in [5.41, 5.74) is 4.19. The molecule has 0 unspecified atom stereocenters. The molecule has 4 heteroatoms. The van der Waals surface area contributed by atoms with E-state index >= 15 is 0 Å². The van der Waals surface area contributed by atoms with Crippen LogP contribution in [0.2, 0.25) is 0 Å². The molecule has 4 rings (SSSR count). The third kappa shape index (κ3) is 4.90. The summed E-state index contributed by atoms with van der Waals surface area (Å²) >= 11 is 0. The number of allylic oxidation sites excluding steroid dienone is 1. The molecular formula is C29H28O4. The molecule has 0 radical (unpaired) electrons. The van der Waals surface area contributed by atoms with Crippen molar-refractivity contribution in [2.24, 2.45) is 0 Å². The maximum Gasteiger partial charge on any atom is 0.343 e. The Morgan fingerprint density at radius 2 is 1.61 bits per heavy atom. The smallest absolute Gasteiger partial charge is 0.343 e. The summed E-state index contributed by atoms with van der Waals surface area (Å²) < 4.78 is 11.3. The summed E-state index contributed by atoms with van der Waals surface area (Å²) in [6.07, 6.45) is 1.73. The topological polar surface area (TPSA) is 52.6 Å². The Hall–Kier alpha value is -3.66. The van der Waals surface area contributed by atoms with E-state index in [2.05, 4.69) is 46.8 Å². The molecule has 0 bridgehead atoms. The van der Waals surface area contributed by atoms with Crippen LogP contribution in [0.1, 0.15) is 77.9 Å². The monoisotopic (exact) mass is 440 g/mol. The SMILES string of the molecule is CC(C)c1ccc(/C=C2\Oc3cc(OC(=O)c4ccc(C(C)(C)C)cc4)ccc3C2=O)cc1. The Bertz CT molecular complexity index is 1220. The van der Waals surface area contributed by atoms with Gasteiger partial charge in [0.2, 0.25) is 5.78 Å². The lowest BCUT2D eigenvalue weighted by atomic mass is 9.87. The average Bonchev–Trinajstić information content (AvgIpc) is 3.08. The van der Waals surface area contributed by atoms with E-state index in [0.29, 0.717) is 28.5 Å². The van der Waals surface area contributed by atoms with E-state index in [-0.39, 0.29) is 17.0 Å². The van der Waals surface area contributed by atoms with Crippen LogP contribution >= 0.6 is 0 Å². The zero-order valence-corrected chi connectivity index (χ0v) is 19.6. The van der Waals surface area contributed by atoms with Crippen LogP contribution in [0.3, 0.4) is 0 Å². The van der Waals surface area contributed by atoms with E-state index in [0.717, 1.165) is 11.1 Å². The molecule has 0 saturated heterocycles. The molecule has 33 heavy (non-hydrogen) atoms. The predicted octanol–water partition coefficient (Wildman–Crippen LogP) is 6.94. The van der Waals surface area contributed by atoms with Crippen LogP contribution in [0.25, 0.3) is 6.08 Å². The molecule has 1 aliphatic rings. The van der Waals surface area contributed by atoms with E-state index < -0.39 is 5.97 Å². The summed E-state index contributed by atoms with van der Waals surface area (Å²) in [7, 11) is 0. The number of carbonyl (C=O) groups excluding carboxylic acids is 2. The highest BCUT2D eigenvalue weighted by Crippen LogP contribution is 2.35. The molecule has 1 aliphatic heterocycles. The molecule has 0 saturated carbocycles. The number of esters is 1. The van der Waals surface area contributed by atoms with Crippen LogP contribution in [0.15, 0.2) is 72.5 Å². The van der Waals surface area contributed by atoms with Crippen LogP contribution in [0.5, 0.6) is 11.5 Å². The molecular weight excluding hydrogens is 412 g/mol. The highest BCUT2D eigenvalue weighted by atomic mass is 16.5. The zero-order valence-electron chi connectivity index (χ0n) is 19.6. The second kappa shape index (κ2) is 8.70. The van der Waals surface area contributed by atoms with Gasteiger partial charge in [0.05, 0.1) is 11.1 Å². The van der Waals surface area contributed by atoms with Gasteiger partial charge in [-0.25, -0.2) is 4.79 Å². The van der Waals surface area contributed by atoms with Gasteiger partial charge in [-0.3, -0.25) is 4.79 Å². The quantitative estimate of drug-likeness (QED) is 0.250. The van der Waals surface area contributed by atoms with Crippen molar-refractivity contribution in [2.45, 2.75) is 46.0 Å². The molecule has 0 aromatic heterocycles. The van der Waals surface area contributed by atoms with Gasteiger partial charge in [0.15, 0.2) is 5.76 Å². The number of hydrogen-bond donors (Lipinski definition) is 0. The lowest BCUT2D eigenvalue weighted by Gasteiger charge is -2.18. The highest BCUT2D eigenvalue weighted by molar-refractivity contribution is 6.14. The number of Topliss-reactive ketones (excluding diaryl/α,β-unsaturated/α-hetero) is 1. The Morgan fingerprint density at radius 1 is 0.939 bits per heavy atom. The van der Waals surface area contributed by atoms with Crippen molar-refractivity contribution in [1.82, 2.24) is 0 Å². The van der Waals surface area contributed by atoms with E-state index in [1.54, 1.807) is 36.4 Å². The molecule has 0 atom stereocenters. The molecule has 0 fully saturated rings. The van der Waals surface area contributed by atoms with E-state index in [9.17, 15) is 9.59 Å². The Labute approximate surface area is 194 Å². The van der Waals surface area contributed by atoms with Gasteiger partial charge in [0.1, 0.15) is 11.5 Å². The fourth-order valence-electron chi connectivity index (χ4n) is 3.63. The molecule has 4 nitrogen and oxygen atoms in total. The van der Waals surface area contributed by atoms with E-state index in [4.69, 9.17) is 9.47 Å². The number of benzene rings is 3. The summed E-state index contributed by atoms with van der Waals surface area (Å²) in [5, 5.41) is 0. The minimum absolute atomic E-state index is 0.00792. The lowest BCUT2D eigenvalue weighted by Crippen LogP contribution is -2.12. The molecule has 0 spiro atoms. The van der Waals surface area contributed by atoms with Crippen molar-refractivity contribution < 1.29 is 19.1 Å². The van der Waals surface area contributed by atoms with Gasteiger partial charge >= 0.3 is 5.97 Å². The predicted molar refractivity (Wildman–Crippen MR) is 130 cm³/mol. The van der Waals surface area contributed by atoms with Gasteiger partial charge in [0, 0.05) is 6.07 Å². The standard InChI is InChI=1S/C29H28O4/c1-18(2)20-8-6-19(7-9-20)16-26-27(30)24-15-14-23(17-25(24)33-26)32-28(31)21-10-12-22(13-11-21)29(3,4)5/h6-18H,1-5H3/b26-16-. The van der Waals surface area contributed by atoms with E-state index in [1.807, 2.05) is 24.3 Å². The fourth-order valence-corrected chi connectivity index (χ4v) is 3.63. The summed E-state index contributed by atoms with van der Waals surface area (Å²) in [6.45, 7) is 10.6. The number of carbonyl (C=O) groups is 2. The molecule has 0 aliphatic carbocycles. The molecule has 0 amide bonds. The third-order valence-electron chi connectivity index (χ3n) is 5.74. The van der Waals surface area contributed by atoms with Crippen molar-refractivity contribution in [1.29, 1.82) is 0 Å². The van der Waals surface area contributed by atoms with Gasteiger partial charge < -0.3 is 9.47 Å². The molecule has 3 aromatic carbocycles. The van der Waals surface area contributed by atoms with Crippen molar-refractivity contribution in [3.8, 4) is 11.5 Å². The fraction of sp³-hybridized carbons (Fsp3) is 0.241. The number of hydrogen-bond acceptors (Lipinski definition) is 4. The van der Waals surface area contributed by atoms with E-state index in [1.165, 1.54) is 5.56 Å². The lowest BCUT2D eigenvalue weighted by molar-refractivity contribution is 0.0734. The number of ketones is 1. The minimum atomic E-state index is -0.458. The molecule has 0 N–H and O–H groups in total. The summed E-state index contributed by atoms with van der Waals surface area (Å²) in [5.74, 6) is 0.767. The Morgan fingerprint density at radius 3 is 2.21 bits per heavy atom. The first-order valence-corrected chi connectivity index (χ1v) is 11.1. The second-order valence-corrected chi connectivity index (χ2v) is 9.64. The Kier molecular flexibility index (Phi) is 5.94. The maximum atomic E-state index is 12.7. The van der Waals surface area contributed by atoms with Crippen LogP contribution in [-0.2, 0) is 5.41 Å². The van der Waals surface area contributed by atoms with Crippen molar-refractivity contribution in [3.05, 3.63) is 100 Å². The van der Waals surface area contributed by atoms with Crippen LogP contribution in [0.4, 0.5) is 0 Å². The molecule has 168 valence electrons. The number of ether oxygens (including phenoxy) is 2. The molecule has 1 heterocycles. The van der Waals surface area contributed by atoms with Crippen LogP contribution in [-0.4, -0.2) is 11.8 Å². The third-order valence-corrected chi connectivity index (χ3v) is 5.74. The first-order chi connectivity index (χ1) is 15.6.